The van der Waals surface area contributed by atoms with Crippen LogP contribution in [0.1, 0.15) is 34.9 Å². The lowest BCUT2D eigenvalue weighted by molar-refractivity contribution is 0.0690. The minimum atomic E-state index is -0.998. The highest BCUT2D eigenvalue weighted by Gasteiger charge is 2.28. The van der Waals surface area contributed by atoms with E-state index in [0.29, 0.717) is 11.6 Å². The van der Waals surface area contributed by atoms with E-state index in [4.69, 9.17) is 0 Å². The minimum absolute atomic E-state index is 0.0870. The van der Waals surface area contributed by atoms with Gasteiger partial charge in [-0.05, 0) is 18.9 Å². The predicted octanol–water partition coefficient (Wildman–Crippen LogP) is 2.97. The Morgan fingerprint density at radius 1 is 1.19 bits per heavy atom. The first-order valence-corrected chi connectivity index (χ1v) is 6.92. The number of aromatic nitrogens is 3. The Morgan fingerprint density at radius 2 is 1.95 bits per heavy atom. The van der Waals surface area contributed by atoms with Crippen molar-refractivity contribution in [1.29, 1.82) is 0 Å². The molecule has 0 atom stereocenters. The highest BCUT2D eigenvalue weighted by atomic mass is 16.4. The lowest BCUT2D eigenvalue weighted by atomic mass is 10.2. The van der Waals surface area contributed by atoms with Crippen molar-refractivity contribution in [2.45, 2.75) is 18.8 Å². The van der Waals surface area contributed by atoms with Crippen molar-refractivity contribution in [2.75, 3.05) is 0 Å². The summed E-state index contributed by atoms with van der Waals surface area (Å²) >= 11 is 0. The number of hydrogen-bond acceptors (Lipinski definition) is 3. The molecular weight excluding hydrogens is 266 g/mol. The zero-order valence-electron chi connectivity index (χ0n) is 11.2. The third-order valence-electron chi connectivity index (χ3n) is 3.74. The molecule has 0 radical (unpaired) electrons. The second-order valence-electron chi connectivity index (χ2n) is 5.31. The van der Waals surface area contributed by atoms with Gasteiger partial charge in [-0.2, -0.15) is 5.10 Å². The molecule has 0 amide bonds. The molecule has 1 aliphatic carbocycles. The number of carboxylic acid groups (broad SMARTS) is 1. The van der Waals surface area contributed by atoms with Crippen LogP contribution in [0.15, 0.2) is 42.5 Å². The molecule has 0 bridgehead atoms. The van der Waals surface area contributed by atoms with Crippen LogP contribution < -0.4 is 0 Å². The number of aromatic carboxylic acids is 1. The molecule has 5 heteroatoms. The molecule has 5 nitrogen and oxygen atoms in total. The normalized spacial score (nSPS) is 14.5. The second-order valence-corrected chi connectivity index (χ2v) is 5.31. The average molecular weight is 279 g/mol. The number of hydrogen-bond donors (Lipinski definition) is 1. The van der Waals surface area contributed by atoms with Gasteiger partial charge in [-0.25, -0.2) is 14.3 Å². The van der Waals surface area contributed by atoms with Crippen LogP contribution >= 0.6 is 0 Å². The van der Waals surface area contributed by atoms with E-state index in [9.17, 15) is 9.90 Å². The molecule has 1 saturated carbocycles. The summed E-state index contributed by atoms with van der Waals surface area (Å²) in [6.07, 6.45) is 2.16. The van der Waals surface area contributed by atoms with Crippen molar-refractivity contribution in [2.24, 2.45) is 0 Å². The molecular formula is C16H13N3O2. The maximum absolute atomic E-state index is 11.2. The molecule has 1 fully saturated rings. The monoisotopic (exact) mass is 279 g/mol. The van der Waals surface area contributed by atoms with Crippen LogP contribution in [0.4, 0.5) is 0 Å². The Hall–Kier alpha value is -2.69. The second kappa shape index (κ2) is 4.41. The minimum Gasteiger partial charge on any atom is -0.477 e. The lowest BCUT2D eigenvalue weighted by Crippen LogP contribution is -2.06. The lowest BCUT2D eigenvalue weighted by Gasteiger charge is -2.04. The molecule has 2 heterocycles. The van der Waals surface area contributed by atoms with Gasteiger partial charge in [0.05, 0.1) is 5.69 Å². The van der Waals surface area contributed by atoms with Gasteiger partial charge in [0.15, 0.2) is 11.3 Å². The fourth-order valence-corrected chi connectivity index (χ4v) is 2.53. The van der Waals surface area contributed by atoms with Crippen LogP contribution in [0.3, 0.4) is 0 Å². The van der Waals surface area contributed by atoms with E-state index >= 15 is 0 Å². The molecule has 0 spiro atoms. The summed E-state index contributed by atoms with van der Waals surface area (Å²) in [5.41, 5.74) is 3.44. The van der Waals surface area contributed by atoms with Gasteiger partial charge in [0, 0.05) is 23.2 Å². The number of rotatable bonds is 3. The standard InChI is InChI=1S/C16H13N3O2/c20-16(21)13-8-14(11-6-7-11)19-15(17-13)9-12(18-19)10-4-2-1-3-5-10/h1-5,8-9,11H,6-7H2,(H,20,21). The van der Waals surface area contributed by atoms with Crippen LogP contribution in [0.25, 0.3) is 16.9 Å². The van der Waals surface area contributed by atoms with E-state index in [0.717, 1.165) is 29.8 Å². The van der Waals surface area contributed by atoms with Crippen molar-refractivity contribution < 1.29 is 9.90 Å². The fraction of sp³-hybridized carbons (Fsp3) is 0.188. The number of carbonyl (C=O) groups is 1. The molecule has 1 N–H and O–H groups in total. The average Bonchev–Trinajstić information content (AvgIpc) is 3.25. The molecule has 1 aromatic carbocycles. The van der Waals surface area contributed by atoms with Gasteiger partial charge in [-0.1, -0.05) is 30.3 Å². The third kappa shape index (κ3) is 2.07. The van der Waals surface area contributed by atoms with Gasteiger partial charge in [0.2, 0.25) is 0 Å². The van der Waals surface area contributed by atoms with Gasteiger partial charge in [0.25, 0.3) is 0 Å². The van der Waals surface area contributed by atoms with Crippen molar-refractivity contribution in [3.63, 3.8) is 0 Å². The zero-order chi connectivity index (χ0) is 14.4. The first-order valence-electron chi connectivity index (χ1n) is 6.92. The maximum Gasteiger partial charge on any atom is 0.354 e. The smallest absolute Gasteiger partial charge is 0.354 e. The molecule has 0 aliphatic heterocycles. The van der Waals surface area contributed by atoms with E-state index < -0.39 is 5.97 Å². The van der Waals surface area contributed by atoms with Crippen molar-refractivity contribution >= 4 is 11.6 Å². The van der Waals surface area contributed by atoms with Crippen LogP contribution in [0.2, 0.25) is 0 Å². The largest absolute Gasteiger partial charge is 0.477 e. The SMILES string of the molecule is O=C(O)c1cc(C2CC2)n2nc(-c3ccccc3)cc2n1. The molecule has 21 heavy (non-hydrogen) atoms. The highest BCUT2D eigenvalue weighted by molar-refractivity contribution is 5.86. The summed E-state index contributed by atoms with van der Waals surface area (Å²) in [5.74, 6) is -0.598. The van der Waals surface area contributed by atoms with Crippen LogP contribution in [0, 0.1) is 0 Å². The van der Waals surface area contributed by atoms with E-state index in [1.54, 1.807) is 10.6 Å². The number of nitrogens with zero attached hydrogens (tertiary/aromatic N) is 3. The Bertz CT molecular complexity index is 835. The first-order chi connectivity index (χ1) is 10.2. The number of benzene rings is 1. The van der Waals surface area contributed by atoms with E-state index in [2.05, 4.69) is 10.1 Å². The van der Waals surface area contributed by atoms with E-state index in [-0.39, 0.29) is 5.69 Å². The number of carboxylic acids is 1. The van der Waals surface area contributed by atoms with Gasteiger partial charge in [-0.3, -0.25) is 0 Å². The van der Waals surface area contributed by atoms with Crippen molar-refractivity contribution in [3.8, 4) is 11.3 Å². The quantitative estimate of drug-likeness (QED) is 0.800. The van der Waals surface area contributed by atoms with Gasteiger partial charge >= 0.3 is 5.97 Å². The summed E-state index contributed by atoms with van der Waals surface area (Å²) < 4.78 is 1.78. The molecule has 0 saturated heterocycles. The fourth-order valence-electron chi connectivity index (χ4n) is 2.53. The van der Waals surface area contributed by atoms with Gasteiger partial charge in [-0.15, -0.1) is 0 Å². The van der Waals surface area contributed by atoms with Crippen LogP contribution in [0.5, 0.6) is 0 Å². The van der Waals surface area contributed by atoms with E-state index in [1.807, 2.05) is 36.4 Å². The highest BCUT2D eigenvalue weighted by Crippen LogP contribution is 2.40. The van der Waals surface area contributed by atoms with Crippen LogP contribution in [-0.4, -0.2) is 25.7 Å². The topological polar surface area (TPSA) is 67.5 Å². The molecule has 2 aromatic heterocycles. The first kappa shape index (κ1) is 12.1. The third-order valence-corrected chi connectivity index (χ3v) is 3.74. The van der Waals surface area contributed by atoms with Crippen molar-refractivity contribution in [3.05, 3.63) is 53.9 Å². The Balaban J connectivity index is 1.94. The molecule has 0 unspecified atom stereocenters. The molecule has 1 aliphatic rings. The Morgan fingerprint density at radius 3 is 2.62 bits per heavy atom. The molecule has 4 rings (SSSR count). The van der Waals surface area contributed by atoms with Crippen LogP contribution in [-0.2, 0) is 0 Å². The predicted molar refractivity (Wildman–Crippen MR) is 77.4 cm³/mol. The maximum atomic E-state index is 11.2. The van der Waals surface area contributed by atoms with E-state index in [1.165, 1.54) is 0 Å². The summed E-state index contributed by atoms with van der Waals surface area (Å²) in [5, 5.41) is 13.8. The summed E-state index contributed by atoms with van der Waals surface area (Å²) in [6, 6.07) is 13.3. The number of fused-ring (bicyclic) bond motifs is 1. The molecule has 104 valence electrons. The summed E-state index contributed by atoms with van der Waals surface area (Å²) in [4.78, 5) is 15.4. The molecule has 3 aromatic rings. The summed E-state index contributed by atoms with van der Waals surface area (Å²) in [6.45, 7) is 0. The van der Waals surface area contributed by atoms with Crippen molar-refractivity contribution in [1.82, 2.24) is 14.6 Å². The van der Waals surface area contributed by atoms with Gasteiger partial charge in [0.1, 0.15) is 0 Å². The summed E-state index contributed by atoms with van der Waals surface area (Å²) in [7, 11) is 0. The zero-order valence-corrected chi connectivity index (χ0v) is 11.2. The Labute approximate surface area is 120 Å². The Kier molecular flexibility index (Phi) is 2.54. The van der Waals surface area contributed by atoms with Gasteiger partial charge < -0.3 is 5.11 Å².